The third-order valence-corrected chi connectivity index (χ3v) is 3.75. The van der Waals surface area contributed by atoms with E-state index in [2.05, 4.69) is 33.0 Å². The van der Waals surface area contributed by atoms with Crippen LogP contribution in [0.1, 0.15) is 59.8 Å². The monoisotopic (exact) mass is 241 g/mol. The minimum atomic E-state index is 0.256. The molecule has 0 aromatic rings. The Hall–Kier alpha value is -0.0800. The highest BCUT2D eigenvalue weighted by Crippen LogP contribution is 2.28. The third kappa shape index (κ3) is 5.87. The van der Waals surface area contributed by atoms with Crippen molar-refractivity contribution in [2.75, 3.05) is 19.7 Å². The summed E-state index contributed by atoms with van der Waals surface area (Å²) >= 11 is 0. The van der Waals surface area contributed by atoms with Crippen molar-refractivity contribution in [2.24, 2.45) is 11.3 Å². The lowest BCUT2D eigenvalue weighted by molar-refractivity contribution is -0.0399. The second kappa shape index (κ2) is 7.38. The minimum Gasteiger partial charge on any atom is -0.377 e. The molecule has 1 aliphatic carbocycles. The van der Waals surface area contributed by atoms with E-state index in [9.17, 15) is 0 Å². The average molecular weight is 241 g/mol. The molecule has 0 aromatic carbocycles. The largest absolute Gasteiger partial charge is 0.377 e. The molecule has 1 fully saturated rings. The van der Waals surface area contributed by atoms with Crippen molar-refractivity contribution in [2.45, 2.75) is 65.9 Å². The predicted molar refractivity (Wildman–Crippen MR) is 74.3 cm³/mol. The zero-order valence-electron chi connectivity index (χ0n) is 12.2. The Kier molecular flexibility index (Phi) is 6.50. The minimum absolute atomic E-state index is 0.256. The number of ether oxygens (including phenoxy) is 1. The Morgan fingerprint density at radius 3 is 2.59 bits per heavy atom. The molecule has 2 unspecified atom stereocenters. The van der Waals surface area contributed by atoms with Gasteiger partial charge in [-0.05, 0) is 31.7 Å². The van der Waals surface area contributed by atoms with Crippen LogP contribution in [0.3, 0.4) is 0 Å². The fourth-order valence-electron chi connectivity index (χ4n) is 2.52. The zero-order valence-corrected chi connectivity index (χ0v) is 12.2. The number of hydrogen-bond donors (Lipinski definition) is 1. The molecule has 0 saturated heterocycles. The molecule has 17 heavy (non-hydrogen) atoms. The van der Waals surface area contributed by atoms with E-state index in [1.807, 2.05) is 0 Å². The Morgan fingerprint density at radius 2 is 1.94 bits per heavy atom. The number of hydrogen-bond acceptors (Lipinski definition) is 2. The van der Waals surface area contributed by atoms with Gasteiger partial charge in [-0.3, -0.25) is 0 Å². The summed E-state index contributed by atoms with van der Waals surface area (Å²) in [7, 11) is 0. The van der Waals surface area contributed by atoms with Gasteiger partial charge in [0.25, 0.3) is 0 Å². The zero-order chi connectivity index (χ0) is 12.7. The molecular formula is C15H31NO. The van der Waals surface area contributed by atoms with Crippen LogP contribution in [0.15, 0.2) is 0 Å². The molecule has 1 aliphatic rings. The van der Waals surface area contributed by atoms with E-state index in [-0.39, 0.29) is 5.41 Å². The first kappa shape index (κ1) is 15.0. The van der Waals surface area contributed by atoms with Crippen molar-refractivity contribution in [3.05, 3.63) is 0 Å². The first-order chi connectivity index (χ1) is 8.05. The van der Waals surface area contributed by atoms with Gasteiger partial charge in [-0.1, -0.05) is 40.5 Å². The summed E-state index contributed by atoms with van der Waals surface area (Å²) in [6.07, 6.45) is 7.07. The lowest BCUT2D eigenvalue weighted by Gasteiger charge is -2.33. The van der Waals surface area contributed by atoms with Crippen molar-refractivity contribution in [1.29, 1.82) is 0 Å². The topological polar surface area (TPSA) is 21.3 Å². The molecule has 2 nitrogen and oxygen atoms in total. The van der Waals surface area contributed by atoms with E-state index in [1.54, 1.807) is 0 Å². The molecule has 0 bridgehead atoms. The van der Waals surface area contributed by atoms with Gasteiger partial charge in [0.2, 0.25) is 0 Å². The molecule has 0 aromatic heterocycles. The fourth-order valence-corrected chi connectivity index (χ4v) is 2.52. The Labute approximate surface area is 108 Å². The molecule has 1 saturated carbocycles. The van der Waals surface area contributed by atoms with Crippen molar-refractivity contribution in [1.82, 2.24) is 5.32 Å². The van der Waals surface area contributed by atoms with Gasteiger partial charge < -0.3 is 10.1 Å². The maximum absolute atomic E-state index is 6.15. The maximum atomic E-state index is 6.15. The van der Waals surface area contributed by atoms with Crippen LogP contribution in [0.4, 0.5) is 0 Å². The Bertz CT molecular complexity index is 203. The van der Waals surface area contributed by atoms with Crippen LogP contribution in [-0.4, -0.2) is 25.8 Å². The second-order valence-electron chi connectivity index (χ2n) is 6.45. The summed E-state index contributed by atoms with van der Waals surface area (Å²) in [6.45, 7) is 12.2. The van der Waals surface area contributed by atoms with Crippen molar-refractivity contribution < 1.29 is 4.74 Å². The van der Waals surface area contributed by atoms with E-state index in [0.717, 1.165) is 25.6 Å². The molecule has 0 spiro atoms. The average Bonchev–Trinajstić information content (AvgIpc) is 2.28. The van der Waals surface area contributed by atoms with E-state index in [4.69, 9.17) is 4.74 Å². The highest BCUT2D eigenvalue weighted by molar-refractivity contribution is 4.76. The summed E-state index contributed by atoms with van der Waals surface area (Å²) in [5.74, 6) is 0.753. The first-order valence-electron chi connectivity index (χ1n) is 7.37. The van der Waals surface area contributed by atoms with Gasteiger partial charge in [0.1, 0.15) is 0 Å². The maximum Gasteiger partial charge on any atom is 0.0600 e. The fraction of sp³-hybridized carbons (Fsp3) is 1.00. The summed E-state index contributed by atoms with van der Waals surface area (Å²) in [6, 6.07) is 0. The van der Waals surface area contributed by atoms with Crippen LogP contribution in [0.5, 0.6) is 0 Å². The van der Waals surface area contributed by atoms with Crippen molar-refractivity contribution in [3.8, 4) is 0 Å². The smallest absolute Gasteiger partial charge is 0.0600 e. The van der Waals surface area contributed by atoms with Gasteiger partial charge in [0.05, 0.1) is 12.7 Å². The number of rotatable bonds is 7. The van der Waals surface area contributed by atoms with Crippen molar-refractivity contribution in [3.63, 3.8) is 0 Å². The van der Waals surface area contributed by atoms with E-state index in [1.165, 1.54) is 32.1 Å². The summed E-state index contributed by atoms with van der Waals surface area (Å²) in [5, 5.41) is 3.49. The summed E-state index contributed by atoms with van der Waals surface area (Å²) in [4.78, 5) is 0. The molecule has 1 N–H and O–H groups in total. The molecule has 2 atom stereocenters. The molecule has 0 aliphatic heterocycles. The Morgan fingerprint density at radius 1 is 1.24 bits per heavy atom. The van der Waals surface area contributed by atoms with E-state index >= 15 is 0 Å². The van der Waals surface area contributed by atoms with Crippen LogP contribution >= 0.6 is 0 Å². The quantitative estimate of drug-likeness (QED) is 0.688. The van der Waals surface area contributed by atoms with Crippen LogP contribution < -0.4 is 5.32 Å². The second-order valence-corrected chi connectivity index (χ2v) is 6.45. The van der Waals surface area contributed by atoms with Gasteiger partial charge in [0, 0.05) is 12.0 Å². The molecule has 0 heterocycles. The summed E-state index contributed by atoms with van der Waals surface area (Å²) < 4.78 is 6.15. The van der Waals surface area contributed by atoms with E-state index in [0.29, 0.717) is 6.10 Å². The van der Waals surface area contributed by atoms with Crippen LogP contribution in [-0.2, 0) is 4.74 Å². The number of nitrogens with one attached hydrogen (secondary N) is 1. The van der Waals surface area contributed by atoms with E-state index < -0.39 is 0 Å². The SMILES string of the molecule is CCCNCC(C)(C)COC1CCCCC1C. The predicted octanol–water partition coefficient (Wildman–Crippen LogP) is 3.61. The summed E-state index contributed by atoms with van der Waals surface area (Å²) in [5.41, 5.74) is 0.256. The normalized spacial score (nSPS) is 26.1. The lowest BCUT2D eigenvalue weighted by Crippen LogP contribution is -2.36. The molecule has 2 heteroatoms. The lowest BCUT2D eigenvalue weighted by atomic mass is 9.87. The molecule has 1 rings (SSSR count). The molecule has 0 radical (unpaired) electrons. The van der Waals surface area contributed by atoms with Gasteiger partial charge in [0.15, 0.2) is 0 Å². The van der Waals surface area contributed by atoms with Crippen molar-refractivity contribution >= 4 is 0 Å². The molecule has 0 amide bonds. The Balaban J connectivity index is 2.22. The van der Waals surface area contributed by atoms with Gasteiger partial charge in [-0.25, -0.2) is 0 Å². The standard InChI is InChI=1S/C15H31NO/c1-5-10-16-11-15(3,4)12-17-14-9-7-6-8-13(14)2/h13-14,16H,5-12H2,1-4H3. The highest BCUT2D eigenvalue weighted by atomic mass is 16.5. The molecule has 102 valence electrons. The van der Waals surface area contributed by atoms with Gasteiger partial charge in [-0.15, -0.1) is 0 Å². The van der Waals surface area contributed by atoms with Crippen LogP contribution in [0.25, 0.3) is 0 Å². The highest BCUT2D eigenvalue weighted by Gasteiger charge is 2.25. The van der Waals surface area contributed by atoms with Gasteiger partial charge >= 0.3 is 0 Å². The van der Waals surface area contributed by atoms with Crippen LogP contribution in [0, 0.1) is 11.3 Å². The first-order valence-corrected chi connectivity index (χ1v) is 7.37. The van der Waals surface area contributed by atoms with Gasteiger partial charge in [-0.2, -0.15) is 0 Å². The van der Waals surface area contributed by atoms with Crippen LogP contribution in [0.2, 0.25) is 0 Å². The third-order valence-electron chi connectivity index (χ3n) is 3.75. The molecular weight excluding hydrogens is 210 g/mol.